The van der Waals surface area contributed by atoms with E-state index in [1.807, 2.05) is 19.9 Å². The molecule has 0 unspecified atom stereocenters. The number of carbonyl (C=O) groups excluding carboxylic acids is 3. The van der Waals surface area contributed by atoms with Gasteiger partial charge in [-0.05, 0) is 38.1 Å². The third-order valence-electron chi connectivity index (χ3n) is 4.20. The van der Waals surface area contributed by atoms with E-state index >= 15 is 0 Å². The van der Waals surface area contributed by atoms with E-state index in [2.05, 4.69) is 10.6 Å². The van der Waals surface area contributed by atoms with Gasteiger partial charge in [0.25, 0.3) is 5.91 Å². The van der Waals surface area contributed by atoms with E-state index < -0.39 is 24.4 Å². The van der Waals surface area contributed by atoms with E-state index in [0.29, 0.717) is 22.7 Å². The first-order chi connectivity index (χ1) is 14.4. The maximum atomic E-state index is 12.7. The molecular formula is C22H23N3O5. The quantitative estimate of drug-likeness (QED) is 0.541. The second kappa shape index (κ2) is 9.13. The summed E-state index contributed by atoms with van der Waals surface area (Å²) in [6.07, 6.45) is 1.39. The lowest BCUT2D eigenvalue weighted by Crippen LogP contribution is -2.38. The second-order valence-corrected chi connectivity index (χ2v) is 6.84. The summed E-state index contributed by atoms with van der Waals surface area (Å²) in [5.74, 6) is -0.101. The van der Waals surface area contributed by atoms with E-state index in [1.54, 1.807) is 42.5 Å². The zero-order chi connectivity index (χ0) is 21.7. The van der Waals surface area contributed by atoms with Gasteiger partial charge in [-0.3, -0.25) is 9.59 Å². The number of amides is 4. The molecule has 2 N–H and O–H groups in total. The van der Waals surface area contributed by atoms with Crippen LogP contribution in [0.25, 0.3) is 6.08 Å². The Bertz CT molecular complexity index is 986. The SMILES string of the molecule is COc1cccc(/C=C2\NC(=O)N(CC(=O)Nc3ccccc3)C2=O)c1OC(C)C. The highest BCUT2D eigenvalue weighted by molar-refractivity contribution is 6.16. The predicted molar refractivity (Wildman–Crippen MR) is 112 cm³/mol. The molecule has 0 aliphatic carbocycles. The van der Waals surface area contributed by atoms with E-state index in [0.717, 1.165) is 4.90 Å². The van der Waals surface area contributed by atoms with Crippen LogP contribution >= 0.6 is 0 Å². The van der Waals surface area contributed by atoms with Crippen LogP contribution < -0.4 is 20.1 Å². The van der Waals surface area contributed by atoms with E-state index in [-0.39, 0.29) is 11.8 Å². The first-order valence-electron chi connectivity index (χ1n) is 9.42. The molecule has 8 nitrogen and oxygen atoms in total. The van der Waals surface area contributed by atoms with Gasteiger partial charge in [0, 0.05) is 11.3 Å². The van der Waals surface area contributed by atoms with Crippen molar-refractivity contribution in [3.63, 3.8) is 0 Å². The van der Waals surface area contributed by atoms with Crippen LogP contribution in [-0.4, -0.2) is 42.5 Å². The summed E-state index contributed by atoms with van der Waals surface area (Å²) in [5, 5.41) is 5.16. The lowest BCUT2D eigenvalue weighted by Gasteiger charge is -2.16. The van der Waals surface area contributed by atoms with Crippen LogP contribution in [0.1, 0.15) is 19.4 Å². The molecule has 3 rings (SSSR count). The number of urea groups is 1. The number of imide groups is 1. The molecule has 0 bridgehead atoms. The number of ether oxygens (including phenoxy) is 2. The van der Waals surface area contributed by atoms with Gasteiger partial charge in [0.2, 0.25) is 5.91 Å². The number of para-hydroxylation sites is 2. The van der Waals surface area contributed by atoms with Crippen molar-refractivity contribution in [2.45, 2.75) is 20.0 Å². The molecular weight excluding hydrogens is 386 g/mol. The maximum Gasteiger partial charge on any atom is 0.329 e. The Morgan fingerprint density at radius 2 is 1.87 bits per heavy atom. The normalized spacial score (nSPS) is 14.8. The Morgan fingerprint density at radius 3 is 2.53 bits per heavy atom. The summed E-state index contributed by atoms with van der Waals surface area (Å²) in [4.78, 5) is 38.1. The van der Waals surface area contributed by atoms with Crippen LogP contribution in [0.15, 0.2) is 54.2 Å². The Hall–Kier alpha value is -3.81. The first kappa shape index (κ1) is 20.9. The molecule has 0 saturated carbocycles. The topological polar surface area (TPSA) is 97.0 Å². The number of carbonyl (C=O) groups is 3. The molecule has 8 heteroatoms. The molecule has 2 aromatic rings. The molecule has 0 atom stereocenters. The van der Waals surface area contributed by atoms with Crippen molar-refractivity contribution in [1.82, 2.24) is 10.2 Å². The number of hydrogen-bond acceptors (Lipinski definition) is 5. The molecule has 1 saturated heterocycles. The average Bonchev–Trinajstić information content (AvgIpc) is 2.97. The third kappa shape index (κ3) is 4.78. The van der Waals surface area contributed by atoms with Crippen LogP contribution in [0.3, 0.4) is 0 Å². The molecule has 1 fully saturated rings. The van der Waals surface area contributed by atoms with Crippen molar-refractivity contribution in [2.24, 2.45) is 0 Å². The van der Waals surface area contributed by atoms with Crippen LogP contribution in [0.4, 0.5) is 10.5 Å². The Morgan fingerprint density at radius 1 is 1.13 bits per heavy atom. The van der Waals surface area contributed by atoms with Gasteiger partial charge >= 0.3 is 6.03 Å². The Labute approximate surface area is 174 Å². The lowest BCUT2D eigenvalue weighted by atomic mass is 10.1. The van der Waals surface area contributed by atoms with E-state index in [9.17, 15) is 14.4 Å². The van der Waals surface area contributed by atoms with Crippen molar-refractivity contribution < 1.29 is 23.9 Å². The Kier molecular flexibility index (Phi) is 6.36. The molecule has 2 aromatic carbocycles. The Balaban J connectivity index is 1.79. The number of anilines is 1. The van der Waals surface area contributed by atoms with Crippen LogP contribution in [0.2, 0.25) is 0 Å². The molecule has 0 aromatic heterocycles. The fourth-order valence-electron chi connectivity index (χ4n) is 2.91. The third-order valence-corrected chi connectivity index (χ3v) is 4.20. The highest BCUT2D eigenvalue weighted by Gasteiger charge is 2.35. The molecule has 4 amide bonds. The molecule has 1 aliphatic heterocycles. The van der Waals surface area contributed by atoms with Crippen molar-refractivity contribution >= 4 is 29.6 Å². The molecule has 156 valence electrons. The molecule has 30 heavy (non-hydrogen) atoms. The van der Waals surface area contributed by atoms with Crippen molar-refractivity contribution in [1.29, 1.82) is 0 Å². The number of hydrogen-bond donors (Lipinski definition) is 2. The molecule has 1 aliphatic rings. The van der Waals surface area contributed by atoms with Gasteiger partial charge in [0.1, 0.15) is 12.2 Å². The lowest BCUT2D eigenvalue weighted by molar-refractivity contribution is -0.127. The minimum atomic E-state index is -0.663. The van der Waals surface area contributed by atoms with Gasteiger partial charge in [0.05, 0.1) is 13.2 Å². The maximum absolute atomic E-state index is 12.7. The van der Waals surface area contributed by atoms with Gasteiger partial charge < -0.3 is 20.1 Å². The highest BCUT2D eigenvalue weighted by atomic mass is 16.5. The predicted octanol–water partition coefficient (Wildman–Crippen LogP) is 3.01. The van der Waals surface area contributed by atoms with Crippen LogP contribution in [-0.2, 0) is 9.59 Å². The number of nitrogens with one attached hydrogen (secondary N) is 2. The fourth-order valence-corrected chi connectivity index (χ4v) is 2.91. The summed E-state index contributed by atoms with van der Waals surface area (Å²) in [7, 11) is 1.52. The van der Waals surface area contributed by atoms with Crippen molar-refractivity contribution in [3.05, 3.63) is 59.8 Å². The first-order valence-corrected chi connectivity index (χ1v) is 9.42. The monoisotopic (exact) mass is 409 g/mol. The average molecular weight is 409 g/mol. The summed E-state index contributed by atoms with van der Waals surface area (Å²) in [6.45, 7) is 3.35. The zero-order valence-corrected chi connectivity index (χ0v) is 17.0. The minimum Gasteiger partial charge on any atom is -0.493 e. The highest BCUT2D eigenvalue weighted by Crippen LogP contribution is 2.33. The summed E-state index contributed by atoms with van der Waals surface area (Å²) >= 11 is 0. The van der Waals surface area contributed by atoms with Gasteiger partial charge in [-0.25, -0.2) is 9.69 Å². The number of methoxy groups -OCH3 is 1. The van der Waals surface area contributed by atoms with Gasteiger partial charge in [0.15, 0.2) is 11.5 Å². The molecule has 0 spiro atoms. The second-order valence-electron chi connectivity index (χ2n) is 6.84. The molecule has 0 radical (unpaired) electrons. The van der Waals surface area contributed by atoms with Gasteiger partial charge in [-0.15, -0.1) is 0 Å². The molecule has 1 heterocycles. The minimum absolute atomic E-state index is 0.0503. The van der Waals surface area contributed by atoms with Crippen molar-refractivity contribution in [2.75, 3.05) is 19.0 Å². The summed E-state index contributed by atoms with van der Waals surface area (Å²) < 4.78 is 11.2. The zero-order valence-electron chi connectivity index (χ0n) is 17.0. The van der Waals surface area contributed by atoms with E-state index in [4.69, 9.17) is 9.47 Å². The number of rotatable bonds is 7. The van der Waals surface area contributed by atoms with Crippen LogP contribution in [0.5, 0.6) is 11.5 Å². The summed E-state index contributed by atoms with van der Waals surface area (Å²) in [6, 6.07) is 13.4. The number of benzene rings is 2. The van der Waals surface area contributed by atoms with Gasteiger partial charge in [-0.1, -0.05) is 30.3 Å². The van der Waals surface area contributed by atoms with E-state index in [1.165, 1.54) is 13.2 Å². The van der Waals surface area contributed by atoms with Crippen molar-refractivity contribution in [3.8, 4) is 11.5 Å². The fraction of sp³-hybridized carbons (Fsp3) is 0.227. The smallest absolute Gasteiger partial charge is 0.329 e. The van der Waals surface area contributed by atoms with Crippen LogP contribution in [0, 0.1) is 0 Å². The largest absolute Gasteiger partial charge is 0.493 e. The van der Waals surface area contributed by atoms with Gasteiger partial charge in [-0.2, -0.15) is 0 Å². The summed E-state index contributed by atoms with van der Waals surface area (Å²) in [5.41, 5.74) is 1.20. The number of nitrogens with zero attached hydrogens (tertiary/aromatic N) is 1. The standard InChI is InChI=1S/C22H23N3O5/c1-14(2)30-20-15(8-7-11-18(20)29-3)12-17-21(27)25(22(28)24-17)13-19(26)23-16-9-5-4-6-10-16/h4-12,14H,13H2,1-3H3,(H,23,26)(H,24,28)/b17-12-.